The number of carbonyl (C=O) groups excluding carboxylic acids is 1. The molecule has 0 radical (unpaired) electrons. The van der Waals surface area contributed by atoms with Gasteiger partial charge in [-0.3, -0.25) is 0 Å². The van der Waals surface area contributed by atoms with Gasteiger partial charge < -0.3 is 9.64 Å². The molecule has 0 atom stereocenters. The molecule has 0 unspecified atom stereocenters. The first-order valence-electron chi connectivity index (χ1n) is 4.87. The second-order valence-corrected chi connectivity index (χ2v) is 4.03. The van der Waals surface area contributed by atoms with Crippen molar-refractivity contribution in [1.29, 1.82) is 0 Å². The van der Waals surface area contributed by atoms with Crippen LogP contribution in [0.4, 0.5) is 4.79 Å². The molecule has 0 aliphatic rings. The van der Waals surface area contributed by atoms with E-state index in [0.29, 0.717) is 13.2 Å². The van der Waals surface area contributed by atoms with E-state index in [-0.39, 0.29) is 11.6 Å². The standard InChI is InChI=1S/C10H21NO2/c1-6-8-13-9(12)11(7-2)10(3,4)5/h6-8H2,1-5H3. The Bertz CT molecular complexity index is 161. The van der Waals surface area contributed by atoms with Crippen LogP contribution in [0.25, 0.3) is 0 Å². The van der Waals surface area contributed by atoms with E-state index in [1.807, 2.05) is 34.6 Å². The minimum absolute atomic E-state index is 0.153. The quantitative estimate of drug-likeness (QED) is 0.679. The normalized spacial score (nSPS) is 11.2. The van der Waals surface area contributed by atoms with E-state index in [1.165, 1.54) is 0 Å². The highest BCUT2D eigenvalue weighted by atomic mass is 16.6. The largest absolute Gasteiger partial charge is 0.449 e. The van der Waals surface area contributed by atoms with Gasteiger partial charge in [0.25, 0.3) is 0 Å². The van der Waals surface area contributed by atoms with Gasteiger partial charge in [0, 0.05) is 12.1 Å². The Morgan fingerprint density at radius 2 is 1.85 bits per heavy atom. The molecule has 0 saturated heterocycles. The number of carbonyl (C=O) groups is 1. The van der Waals surface area contributed by atoms with Crippen LogP contribution in [0.2, 0.25) is 0 Å². The minimum Gasteiger partial charge on any atom is -0.449 e. The molecule has 0 fully saturated rings. The molecular formula is C10H21NO2. The molecule has 0 N–H and O–H groups in total. The second-order valence-electron chi connectivity index (χ2n) is 4.03. The topological polar surface area (TPSA) is 29.5 Å². The molecule has 0 rings (SSSR count). The Morgan fingerprint density at radius 3 is 2.15 bits per heavy atom. The Kier molecular flexibility index (Phi) is 4.81. The Morgan fingerprint density at radius 1 is 1.31 bits per heavy atom. The van der Waals surface area contributed by atoms with Crippen LogP contribution in [-0.2, 0) is 4.74 Å². The predicted octanol–water partition coefficient (Wildman–Crippen LogP) is 2.65. The van der Waals surface area contributed by atoms with Gasteiger partial charge in [-0.1, -0.05) is 6.92 Å². The first-order chi connectivity index (χ1) is 5.93. The molecule has 0 heterocycles. The molecule has 0 aliphatic heterocycles. The maximum absolute atomic E-state index is 11.5. The SMILES string of the molecule is CCCOC(=O)N(CC)C(C)(C)C. The fraction of sp³-hybridized carbons (Fsp3) is 0.900. The minimum atomic E-state index is -0.211. The van der Waals surface area contributed by atoms with Crippen molar-refractivity contribution in [3.05, 3.63) is 0 Å². The van der Waals surface area contributed by atoms with Crippen molar-refractivity contribution in [2.24, 2.45) is 0 Å². The van der Waals surface area contributed by atoms with E-state index >= 15 is 0 Å². The maximum atomic E-state index is 11.5. The summed E-state index contributed by atoms with van der Waals surface area (Å²) in [5.74, 6) is 0. The van der Waals surface area contributed by atoms with E-state index in [1.54, 1.807) is 4.90 Å². The molecule has 0 saturated carbocycles. The highest BCUT2D eigenvalue weighted by Gasteiger charge is 2.25. The molecule has 0 aromatic carbocycles. The highest BCUT2D eigenvalue weighted by molar-refractivity contribution is 5.68. The number of nitrogens with zero attached hydrogens (tertiary/aromatic N) is 1. The zero-order chi connectivity index (χ0) is 10.5. The van der Waals surface area contributed by atoms with Gasteiger partial charge >= 0.3 is 6.09 Å². The van der Waals surface area contributed by atoms with Crippen molar-refractivity contribution in [3.8, 4) is 0 Å². The molecule has 0 aromatic rings. The predicted molar refractivity (Wildman–Crippen MR) is 53.8 cm³/mol. The molecule has 3 heteroatoms. The Labute approximate surface area is 81.1 Å². The zero-order valence-electron chi connectivity index (χ0n) is 9.39. The first-order valence-corrected chi connectivity index (χ1v) is 4.87. The zero-order valence-corrected chi connectivity index (χ0v) is 9.39. The van der Waals surface area contributed by atoms with E-state index in [0.717, 1.165) is 6.42 Å². The molecule has 0 aromatic heterocycles. The van der Waals surface area contributed by atoms with Crippen LogP contribution in [0, 0.1) is 0 Å². The summed E-state index contributed by atoms with van der Waals surface area (Å²) in [6.45, 7) is 11.1. The molecule has 13 heavy (non-hydrogen) atoms. The average Bonchev–Trinajstić information content (AvgIpc) is 1.99. The fourth-order valence-electron chi connectivity index (χ4n) is 1.14. The summed E-state index contributed by atoms with van der Waals surface area (Å²) in [4.78, 5) is 13.2. The Balaban J connectivity index is 4.16. The lowest BCUT2D eigenvalue weighted by atomic mass is 10.1. The maximum Gasteiger partial charge on any atom is 0.410 e. The summed E-state index contributed by atoms with van der Waals surface area (Å²) in [7, 11) is 0. The lowest BCUT2D eigenvalue weighted by Gasteiger charge is -2.33. The van der Waals surface area contributed by atoms with Gasteiger partial charge in [0.1, 0.15) is 0 Å². The third-order valence-electron chi connectivity index (χ3n) is 1.78. The van der Waals surface area contributed by atoms with Crippen LogP contribution < -0.4 is 0 Å². The van der Waals surface area contributed by atoms with Crippen molar-refractivity contribution in [2.75, 3.05) is 13.2 Å². The van der Waals surface area contributed by atoms with Gasteiger partial charge in [-0.25, -0.2) is 4.79 Å². The third-order valence-corrected chi connectivity index (χ3v) is 1.78. The molecule has 3 nitrogen and oxygen atoms in total. The number of ether oxygens (including phenoxy) is 1. The highest BCUT2D eigenvalue weighted by Crippen LogP contribution is 2.13. The van der Waals surface area contributed by atoms with E-state index in [4.69, 9.17) is 4.74 Å². The molecule has 78 valence electrons. The Hall–Kier alpha value is -0.730. The fourth-order valence-corrected chi connectivity index (χ4v) is 1.14. The summed E-state index contributed by atoms with van der Waals surface area (Å²) in [5.41, 5.74) is -0.153. The van der Waals surface area contributed by atoms with Crippen LogP contribution in [-0.4, -0.2) is 29.7 Å². The van der Waals surface area contributed by atoms with Crippen molar-refractivity contribution in [1.82, 2.24) is 4.90 Å². The van der Waals surface area contributed by atoms with Gasteiger partial charge in [-0.2, -0.15) is 0 Å². The summed E-state index contributed by atoms with van der Waals surface area (Å²) in [6, 6.07) is 0. The third kappa shape index (κ3) is 4.15. The molecule has 0 aliphatic carbocycles. The molecule has 1 amide bonds. The average molecular weight is 187 g/mol. The van der Waals surface area contributed by atoms with Crippen molar-refractivity contribution in [2.45, 2.75) is 46.6 Å². The molecular weight excluding hydrogens is 166 g/mol. The van der Waals surface area contributed by atoms with E-state index in [2.05, 4.69) is 0 Å². The summed E-state index contributed by atoms with van der Waals surface area (Å²) in [5, 5.41) is 0. The van der Waals surface area contributed by atoms with Crippen LogP contribution in [0.3, 0.4) is 0 Å². The number of hydrogen-bond acceptors (Lipinski definition) is 2. The van der Waals surface area contributed by atoms with Crippen molar-refractivity contribution in [3.63, 3.8) is 0 Å². The number of rotatable bonds is 3. The number of amides is 1. The van der Waals surface area contributed by atoms with Gasteiger partial charge in [0.05, 0.1) is 6.61 Å². The van der Waals surface area contributed by atoms with Crippen LogP contribution in [0.15, 0.2) is 0 Å². The van der Waals surface area contributed by atoms with Crippen molar-refractivity contribution >= 4 is 6.09 Å². The summed E-state index contributed by atoms with van der Waals surface area (Å²) >= 11 is 0. The van der Waals surface area contributed by atoms with E-state index in [9.17, 15) is 4.79 Å². The smallest absolute Gasteiger partial charge is 0.410 e. The first kappa shape index (κ1) is 12.3. The van der Waals surface area contributed by atoms with E-state index < -0.39 is 0 Å². The van der Waals surface area contributed by atoms with Crippen LogP contribution in [0.1, 0.15) is 41.0 Å². The lowest BCUT2D eigenvalue weighted by Crippen LogP contribution is -2.45. The lowest BCUT2D eigenvalue weighted by molar-refractivity contribution is 0.0707. The van der Waals surface area contributed by atoms with Gasteiger partial charge in [-0.15, -0.1) is 0 Å². The summed E-state index contributed by atoms with van der Waals surface area (Å²) < 4.78 is 5.06. The monoisotopic (exact) mass is 187 g/mol. The van der Waals surface area contributed by atoms with Gasteiger partial charge in [0.15, 0.2) is 0 Å². The van der Waals surface area contributed by atoms with Gasteiger partial charge in [0.2, 0.25) is 0 Å². The van der Waals surface area contributed by atoms with Crippen molar-refractivity contribution < 1.29 is 9.53 Å². The molecule has 0 spiro atoms. The molecule has 0 bridgehead atoms. The van der Waals surface area contributed by atoms with Crippen LogP contribution in [0.5, 0.6) is 0 Å². The second kappa shape index (κ2) is 5.10. The van der Waals surface area contributed by atoms with Crippen LogP contribution >= 0.6 is 0 Å². The van der Waals surface area contributed by atoms with Gasteiger partial charge in [-0.05, 0) is 34.1 Å². The summed E-state index contributed by atoms with van der Waals surface area (Å²) in [6.07, 6.45) is 0.657. The number of hydrogen-bond donors (Lipinski definition) is 0.